The van der Waals surface area contributed by atoms with Gasteiger partial charge in [-0.2, -0.15) is 4.98 Å². The maximum Gasteiger partial charge on any atom is 0.231 e. The molecule has 0 unspecified atom stereocenters. The average molecular weight is 423 g/mol. The van der Waals surface area contributed by atoms with Gasteiger partial charge >= 0.3 is 0 Å². The molecule has 1 aromatic heterocycles. The second-order valence-electron chi connectivity index (χ2n) is 6.94. The Labute approximate surface area is 170 Å². The number of nitrogens with two attached hydrogens (primary N) is 1. The molecule has 0 spiro atoms. The molecule has 0 amide bonds. The van der Waals surface area contributed by atoms with Crippen LogP contribution >= 0.6 is 0 Å². The summed E-state index contributed by atoms with van der Waals surface area (Å²) in [6.45, 7) is 1.15. The summed E-state index contributed by atoms with van der Waals surface area (Å²) in [5.74, 6) is 0.669. The van der Waals surface area contributed by atoms with Crippen molar-refractivity contribution in [1.82, 2.24) is 15.0 Å². The second-order valence-corrected chi connectivity index (χ2v) is 8.56. The number of methoxy groups -OCH3 is 2. The molecule has 2 aromatic rings. The summed E-state index contributed by atoms with van der Waals surface area (Å²) >= 11 is 0. The van der Waals surface area contributed by atoms with Crippen molar-refractivity contribution in [2.75, 3.05) is 37.7 Å². The Morgan fingerprint density at radius 1 is 1.17 bits per heavy atom. The number of nitrogens with one attached hydrogen (secondary N) is 1. The SMILES string of the molecule is COC[C@@H]1CC[C@@H](COC)N1c1ncnc(Nc2cccc(CS(N)(=O)=O)c2)n1. The number of anilines is 3. The lowest BCUT2D eigenvalue weighted by Gasteiger charge is -2.29. The van der Waals surface area contributed by atoms with Crippen molar-refractivity contribution in [2.24, 2.45) is 5.14 Å². The lowest BCUT2D eigenvalue weighted by Crippen LogP contribution is -2.42. The average Bonchev–Trinajstić information content (AvgIpc) is 3.04. The molecular weight excluding hydrogens is 396 g/mol. The highest BCUT2D eigenvalue weighted by Crippen LogP contribution is 2.29. The lowest BCUT2D eigenvalue weighted by molar-refractivity contribution is 0.166. The smallest absolute Gasteiger partial charge is 0.231 e. The van der Waals surface area contributed by atoms with E-state index in [0.29, 0.717) is 36.4 Å². The van der Waals surface area contributed by atoms with Gasteiger partial charge in [0.2, 0.25) is 21.9 Å². The quantitative estimate of drug-likeness (QED) is 0.608. The first kappa shape index (κ1) is 21.4. The maximum absolute atomic E-state index is 11.3. The molecule has 11 heteroatoms. The molecule has 2 atom stereocenters. The number of nitrogens with zero attached hydrogens (tertiary/aromatic N) is 4. The monoisotopic (exact) mass is 422 g/mol. The van der Waals surface area contributed by atoms with Crippen LogP contribution in [0, 0.1) is 0 Å². The number of rotatable bonds is 9. The van der Waals surface area contributed by atoms with Gasteiger partial charge in [0.05, 0.1) is 31.1 Å². The number of primary sulfonamides is 1. The molecule has 1 aliphatic rings. The zero-order chi connectivity index (χ0) is 20.9. The standard InChI is InChI=1S/C18H26N6O4S/c1-27-9-15-6-7-16(10-28-2)24(15)18-21-12-20-17(23-18)22-14-5-3-4-13(8-14)11-29(19,25)26/h3-5,8,12,15-16H,6-7,9-11H2,1-2H3,(H2,19,25,26)(H,20,21,22,23)/t15-,16-/m0/s1. The molecule has 1 aliphatic heterocycles. The number of hydrogen-bond acceptors (Lipinski definition) is 9. The Morgan fingerprint density at radius 2 is 1.86 bits per heavy atom. The summed E-state index contributed by atoms with van der Waals surface area (Å²) in [6.07, 6.45) is 3.38. The first-order chi connectivity index (χ1) is 13.9. The molecule has 1 saturated heterocycles. The highest BCUT2D eigenvalue weighted by molar-refractivity contribution is 7.88. The van der Waals surface area contributed by atoms with Gasteiger partial charge in [0.25, 0.3) is 0 Å². The van der Waals surface area contributed by atoms with Gasteiger partial charge in [-0.25, -0.2) is 23.5 Å². The number of hydrogen-bond donors (Lipinski definition) is 2. The van der Waals surface area contributed by atoms with Gasteiger partial charge in [0, 0.05) is 19.9 Å². The molecule has 1 fully saturated rings. The van der Waals surface area contributed by atoms with E-state index in [1.54, 1.807) is 38.5 Å². The third kappa shape index (κ3) is 5.82. The molecule has 0 saturated carbocycles. The van der Waals surface area contributed by atoms with E-state index in [1.807, 2.05) is 0 Å². The van der Waals surface area contributed by atoms with Crippen LogP contribution in [0.3, 0.4) is 0 Å². The number of sulfonamides is 1. The second kappa shape index (κ2) is 9.44. The van der Waals surface area contributed by atoms with Gasteiger partial charge < -0.3 is 19.7 Å². The lowest BCUT2D eigenvalue weighted by atomic mass is 10.2. The van der Waals surface area contributed by atoms with E-state index in [1.165, 1.54) is 6.33 Å². The van der Waals surface area contributed by atoms with Crippen LogP contribution in [0.4, 0.5) is 17.6 Å². The molecule has 1 aromatic carbocycles. The summed E-state index contributed by atoms with van der Waals surface area (Å²) < 4.78 is 33.4. The molecule has 0 aliphatic carbocycles. The number of aromatic nitrogens is 3. The van der Waals surface area contributed by atoms with Crippen molar-refractivity contribution in [3.63, 3.8) is 0 Å². The fraction of sp³-hybridized carbons (Fsp3) is 0.500. The highest BCUT2D eigenvalue weighted by Gasteiger charge is 2.35. The molecule has 3 N–H and O–H groups in total. The summed E-state index contributed by atoms with van der Waals surface area (Å²) in [5.41, 5.74) is 1.23. The molecule has 3 rings (SSSR count). The summed E-state index contributed by atoms with van der Waals surface area (Å²) in [4.78, 5) is 15.2. The first-order valence-corrected chi connectivity index (χ1v) is 10.9. The predicted molar refractivity (Wildman–Crippen MR) is 109 cm³/mol. The van der Waals surface area contributed by atoms with Crippen LogP contribution in [0.25, 0.3) is 0 Å². The topological polar surface area (TPSA) is 133 Å². The van der Waals surface area contributed by atoms with E-state index in [4.69, 9.17) is 14.6 Å². The normalized spacial score (nSPS) is 19.5. The van der Waals surface area contributed by atoms with Gasteiger partial charge in [-0.3, -0.25) is 0 Å². The molecule has 29 heavy (non-hydrogen) atoms. The van der Waals surface area contributed by atoms with Crippen LogP contribution < -0.4 is 15.4 Å². The van der Waals surface area contributed by atoms with Crippen LogP contribution in [0.2, 0.25) is 0 Å². The van der Waals surface area contributed by atoms with Crippen molar-refractivity contribution in [1.29, 1.82) is 0 Å². The summed E-state index contributed by atoms with van der Waals surface area (Å²) in [5, 5.41) is 8.23. The summed E-state index contributed by atoms with van der Waals surface area (Å²) in [7, 11) is -0.253. The highest BCUT2D eigenvalue weighted by atomic mass is 32.2. The molecule has 2 heterocycles. The van der Waals surface area contributed by atoms with Crippen LogP contribution in [-0.4, -0.2) is 62.9 Å². The molecule has 0 radical (unpaired) electrons. The minimum atomic E-state index is -3.61. The van der Waals surface area contributed by atoms with Gasteiger partial charge in [0.15, 0.2) is 0 Å². The molecule has 0 bridgehead atoms. The van der Waals surface area contributed by atoms with E-state index >= 15 is 0 Å². The predicted octanol–water partition coefficient (Wildman–Crippen LogP) is 1.03. The van der Waals surface area contributed by atoms with Gasteiger partial charge in [-0.15, -0.1) is 0 Å². The number of ether oxygens (including phenoxy) is 2. The van der Waals surface area contributed by atoms with Gasteiger partial charge in [-0.1, -0.05) is 12.1 Å². The van der Waals surface area contributed by atoms with Crippen molar-refractivity contribution < 1.29 is 17.9 Å². The third-order valence-corrected chi connectivity index (χ3v) is 5.41. The van der Waals surface area contributed by atoms with Crippen LogP contribution in [0.1, 0.15) is 18.4 Å². The molecule has 158 valence electrons. The van der Waals surface area contributed by atoms with Crippen LogP contribution in [-0.2, 0) is 25.2 Å². The Bertz CT molecular complexity index is 912. The van der Waals surface area contributed by atoms with Crippen molar-refractivity contribution in [2.45, 2.75) is 30.7 Å². The Balaban J connectivity index is 1.81. The van der Waals surface area contributed by atoms with E-state index in [9.17, 15) is 8.42 Å². The fourth-order valence-corrected chi connectivity index (χ4v) is 4.22. The van der Waals surface area contributed by atoms with Crippen LogP contribution in [0.15, 0.2) is 30.6 Å². The minimum absolute atomic E-state index is 0.161. The Morgan fingerprint density at radius 3 is 2.48 bits per heavy atom. The Kier molecular flexibility index (Phi) is 6.96. The van der Waals surface area contributed by atoms with Gasteiger partial charge in [-0.05, 0) is 30.5 Å². The first-order valence-electron chi connectivity index (χ1n) is 9.21. The molecular formula is C18H26N6O4S. The summed E-state index contributed by atoms with van der Waals surface area (Å²) in [6, 6.07) is 7.26. The third-order valence-electron chi connectivity index (χ3n) is 4.68. The fourth-order valence-electron chi connectivity index (χ4n) is 3.57. The van der Waals surface area contributed by atoms with E-state index in [2.05, 4.69) is 25.2 Å². The zero-order valence-corrected chi connectivity index (χ0v) is 17.3. The van der Waals surface area contributed by atoms with Crippen LogP contribution in [0.5, 0.6) is 0 Å². The number of benzene rings is 1. The zero-order valence-electron chi connectivity index (χ0n) is 16.5. The largest absolute Gasteiger partial charge is 0.383 e. The minimum Gasteiger partial charge on any atom is -0.383 e. The van der Waals surface area contributed by atoms with Crippen molar-refractivity contribution >= 4 is 27.6 Å². The van der Waals surface area contributed by atoms with Gasteiger partial charge in [0.1, 0.15) is 6.33 Å². The van der Waals surface area contributed by atoms with E-state index in [-0.39, 0.29) is 17.8 Å². The van der Waals surface area contributed by atoms with Crippen molar-refractivity contribution in [3.05, 3.63) is 36.2 Å². The molecule has 10 nitrogen and oxygen atoms in total. The van der Waals surface area contributed by atoms with E-state index < -0.39 is 10.0 Å². The van der Waals surface area contributed by atoms with E-state index in [0.717, 1.165) is 12.8 Å². The Hall–Kier alpha value is -2.34. The maximum atomic E-state index is 11.3. The van der Waals surface area contributed by atoms with Crippen molar-refractivity contribution in [3.8, 4) is 0 Å².